The van der Waals surface area contributed by atoms with Crippen LogP contribution in [0, 0.1) is 18.3 Å². The van der Waals surface area contributed by atoms with Crippen molar-refractivity contribution in [1.29, 1.82) is 0 Å². The highest BCUT2D eigenvalue weighted by Crippen LogP contribution is 2.29. The molecule has 0 unspecified atom stereocenters. The minimum Gasteiger partial charge on any atom is -0.493 e. The number of carbonyl (C=O) groups is 2. The summed E-state index contributed by atoms with van der Waals surface area (Å²) in [5.41, 5.74) is 3.13. The summed E-state index contributed by atoms with van der Waals surface area (Å²) in [7, 11) is 1.51. The zero-order valence-electron chi connectivity index (χ0n) is 20.5. The first-order chi connectivity index (χ1) is 17.1. The first kappa shape index (κ1) is 28.8. The molecule has 2 atom stereocenters. The van der Waals surface area contributed by atoms with Crippen LogP contribution in [-0.2, 0) is 9.59 Å². The number of hydrazone groups is 1. The Morgan fingerprint density at radius 1 is 1.08 bits per heavy atom. The molecule has 192 valence electrons. The van der Waals surface area contributed by atoms with Crippen molar-refractivity contribution in [2.45, 2.75) is 39.3 Å². The van der Waals surface area contributed by atoms with E-state index >= 15 is 0 Å². The maximum atomic E-state index is 12.8. The molecule has 0 saturated carbocycles. The van der Waals surface area contributed by atoms with Crippen molar-refractivity contribution < 1.29 is 23.8 Å². The van der Waals surface area contributed by atoms with Crippen molar-refractivity contribution in [3.8, 4) is 29.6 Å². The lowest BCUT2D eigenvalue weighted by Crippen LogP contribution is -2.49. The Morgan fingerprint density at radius 2 is 1.81 bits per heavy atom. The molecule has 2 N–H and O–H groups in total. The maximum Gasteiger partial charge on any atom is 0.262 e. The van der Waals surface area contributed by atoms with Crippen molar-refractivity contribution in [2.24, 2.45) is 11.0 Å². The van der Waals surface area contributed by atoms with E-state index in [4.69, 9.17) is 43.8 Å². The molecule has 0 aromatic heterocycles. The van der Waals surface area contributed by atoms with Gasteiger partial charge in [0.2, 0.25) is 0 Å². The van der Waals surface area contributed by atoms with E-state index in [9.17, 15) is 9.59 Å². The Bertz CT molecular complexity index is 1130. The van der Waals surface area contributed by atoms with Crippen LogP contribution >= 0.6 is 23.2 Å². The zero-order valence-corrected chi connectivity index (χ0v) is 22.0. The Balaban J connectivity index is 2.02. The third kappa shape index (κ3) is 8.99. The van der Waals surface area contributed by atoms with Crippen LogP contribution in [0.25, 0.3) is 0 Å². The molecule has 2 aromatic rings. The molecule has 10 heteroatoms. The fraction of sp³-hybridized carbons (Fsp3) is 0.346. The summed E-state index contributed by atoms with van der Waals surface area (Å²) in [6, 6.07) is 8.99. The van der Waals surface area contributed by atoms with E-state index in [0.717, 1.165) is 0 Å². The molecule has 0 spiro atoms. The quantitative estimate of drug-likeness (QED) is 0.238. The molecule has 0 bridgehead atoms. The average molecular weight is 534 g/mol. The molecule has 2 amide bonds. The number of nitrogens with zero attached hydrogens (tertiary/aromatic N) is 1. The van der Waals surface area contributed by atoms with E-state index in [1.807, 2.05) is 13.8 Å². The highest BCUT2D eigenvalue weighted by atomic mass is 35.5. The van der Waals surface area contributed by atoms with Crippen LogP contribution in [0.3, 0.4) is 0 Å². The van der Waals surface area contributed by atoms with Gasteiger partial charge >= 0.3 is 0 Å². The molecule has 0 aliphatic rings. The number of terminal acetylenes is 1. The van der Waals surface area contributed by atoms with Crippen LogP contribution in [-0.4, -0.2) is 43.9 Å². The van der Waals surface area contributed by atoms with Gasteiger partial charge in [-0.15, -0.1) is 6.42 Å². The van der Waals surface area contributed by atoms with Gasteiger partial charge in [0, 0.05) is 5.02 Å². The number of hydrogen-bond donors (Lipinski definition) is 2. The van der Waals surface area contributed by atoms with Gasteiger partial charge in [-0.2, -0.15) is 5.10 Å². The molecule has 36 heavy (non-hydrogen) atoms. The van der Waals surface area contributed by atoms with Crippen LogP contribution in [0.5, 0.6) is 17.2 Å². The summed E-state index contributed by atoms with van der Waals surface area (Å²) in [6.07, 6.45) is 6.16. The van der Waals surface area contributed by atoms with Crippen molar-refractivity contribution in [3.63, 3.8) is 0 Å². The van der Waals surface area contributed by atoms with Crippen molar-refractivity contribution in [2.75, 3.05) is 13.7 Å². The summed E-state index contributed by atoms with van der Waals surface area (Å²) >= 11 is 12.0. The molecule has 0 saturated heterocycles. The topological polar surface area (TPSA) is 98.2 Å². The van der Waals surface area contributed by atoms with E-state index in [-0.39, 0.29) is 17.5 Å². The second-order valence-electron chi connectivity index (χ2n) is 8.16. The van der Waals surface area contributed by atoms with Crippen LogP contribution in [0.1, 0.15) is 32.8 Å². The molecule has 2 aromatic carbocycles. The second-order valence-corrected chi connectivity index (χ2v) is 9.01. The van der Waals surface area contributed by atoms with Crippen molar-refractivity contribution in [1.82, 2.24) is 10.7 Å². The molecule has 2 rings (SSSR count). The van der Waals surface area contributed by atoms with Crippen LogP contribution in [0.15, 0.2) is 41.5 Å². The molecular weight excluding hydrogens is 505 g/mol. The van der Waals surface area contributed by atoms with E-state index in [1.54, 1.807) is 37.3 Å². The number of ether oxygens (including phenoxy) is 3. The standard InChI is InChI=1S/C26H29Cl2N3O5/c1-6-11-35-23-9-7-18(13-24(23)34-5)15-29-31-26(33)21(12-16(2)3)30-25(32)17(4)36-22-10-8-19(27)14-20(22)28/h1,7-10,13-17,21H,11-12H2,2-5H3,(H,30,32)(H,31,33)/b29-15-/t17-,21+/m1/s1. The fourth-order valence-corrected chi connectivity index (χ4v) is 3.51. The third-order valence-corrected chi connectivity index (χ3v) is 5.32. The van der Waals surface area contributed by atoms with Gasteiger partial charge in [0.15, 0.2) is 17.6 Å². The number of carbonyl (C=O) groups excluding carboxylic acids is 2. The molecule has 0 heterocycles. The van der Waals surface area contributed by atoms with Gasteiger partial charge in [-0.05, 0) is 61.2 Å². The largest absolute Gasteiger partial charge is 0.493 e. The first-order valence-corrected chi connectivity index (χ1v) is 11.9. The van der Waals surface area contributed by atoms with E-state index in [0.29, 0.717) is 34.3 Å². The van der Waals surface area contributed by atoms with Crippen molar-refractivity contribution >= 4 is 41.2 Å². The number of rotatable bonds is 12. The summed E-state index contributed by atoms with van der Waals surface area (Å²) in [5, 5.41) is 7.46. The number of amides is 2. The molecule has 0 aliphatic heterocycles. The predicted octanol–water partition coefficient (Wildman–Crippen LogP) is 4.46. The van der Waals surface area contributed by atoms with Gasteiger partial charge in [-0.1, -0.05) is 43.0 Å². The Labute approximate surface area is 221 Å². The fourth-order valence-electron chi connectivity index (χ4n) is 3.06. The number of benzene rings is 2. The highest BCUT2D eigenvalue weighted by molar-refractivity contribution is 6.35. The van der Waals surface area contributed by atoms with Gasteiger partial charge in [0.25, 0.3) is 11.8 Å². The monoisotopic (exact) mass is 533 g/mol. The summed E-state index contributed by atoms with van der Waals surface area (Å²) in [5.74, 6) is 2.86. The second kappa shape index (κ2) is 14.2. The lowest BCUT2D eigenvalue weighted by molar-refractivity contribution is -0.132. The zero-order chi connectivity index (χ0) is 26.7. The Kier molecular flexibility index (Phi) is 11.4. The number of hydrogen-bond acceptors (Lipinski definition) is 6. The lowest BCUT2D eigenvalue weighted by atomic mass is 10.0. The van der Waals surface area contributed by atoms with E-state index in [2.05, 4.69) is 21.8 Å². The SMILES string of the molecule is C#CCOc1ccc(/C=N\NC(=O)[C@H](CC(C)C)NC(=O)[C@@H](C)Oc2ccc(Cl)cc2Cl)cc1OC. The first-order valence-electron chi connectivity index (χ1n) is 11.1. The molecule has 8 nitrogen and oxygen atoms in total. The smallest absolute Gasteiger partial charge is 0.262 e. The minimum atomic E-state index is -0.905. The predicted molar refractivity (Wildman–Crippen MR) is 141 cm³/mol. The van der Waals surface area contributed by atoms with Crippen LogP contribution in [0.4, 0.5) is 0 Å². The Morgan fingerprint density at radius 3 is 2.44 bits per heavy atom. The number of methoxy groups -OCH3 is 1. The maximum absolute atomic E-state index is 12.8. The van der Waals surface area contributed by atoms with E-state index < -0.39 is 24.0 Å². The third-order valence-electron chi connectivity index (χ3n) is 4.79. The van der Waals surface area contributed by atoms with Crippen LogP contribution < -0.4 is 25.0 Å². The Hall–Kier alpha value is -3.41. The molecule has 0 aliphatic carbocycles. The van der Waals surface area contributed by atoms with Crippen LogP contribution in [0.2, 0.25) is 10.0 Å². The molecule has 0 fully saturated rings. The summed E-state index contributed by atoms with van der Waals surface area (Å²) in [6.45, 7) is 5.56. The van der Waals surface area contributed by atoms with Gasteiger partial charge in [0.05, 0.1) is 18.3 Å². The molecular formula is C26H29Cl2N3O5. The number of nitrogens with one attached hydrogen (secondary N) is 2. The molecule has 0 radical (unpaired) electrons. The van der Waals surface area contributed by atoms with Gasteiger partial charge in [-0.3, -0.25) is 9.59 Å². The van der Waals surface area contributed by atoms with Gasteiger partial charge in [-0.25, -0.2) is 5.43 Å². The minimum absolute atomic E-state index is 0.110. The van der Waals surface area contributed by atoms with E-state index in [1.165, 1.54) is 19.4 Å². The normalized spacial score (nSPS) is 12.5. The highest BCUT2D eigenvalue weighted by Gasteiger charge is 2.25. The van der Waals surface area contributed by atoms with Gasteiger partial charge in [0.1, 0.15) is 18.4 Å². The lowest BCUT2D eigenvalue weighted by Gasteiger charge is -2.22. The van der Waals surface area contributed by atoms with Gasteiger partial charge < -0.3 is 19.5 Å². The summed E-state index contributed by atoms with van der Waals surface area (Å²) < 4.78 is 16.4. The summed E-state index contributed by atoms with van der Waals surface area (Å²) in [4.78, 5) is 25.5. The number of halogens is 2. The average Bonchev–Trinajstić information content (AvgIpc) is 2.83. The van der Waals surface area contributed by atoms with Crippen molar-refractivity contribution in [3.05, 3.63) is 52.0 Å².